The first kappa shape index (κ1) is 44.3. The van der Waals surface area contributed by atoms with Crippen molar-refractivity contribution in [3.63, 3.8) is 0 Å². The summed E-state index contributed by atoms with van der Waals surface area (Å²) in [5.41, 5.74) is -0.274. The van der Waals surface area contributed by atoms with Gasteiger partial charge in [0, 0.05) is 54.4 Å². The van der Waals surface area contributed by atoms with Crippen LogP contribution in [0.15, 0.2) is 30.5 Å². The van der Waals surface area contributed by atoms with E-state index in [0.717, 1.165) is 25.5 Å². The molecule has 4 aromatic rings. The van der Waals surface area contributed by atoms with Gasteiger partial charge in [0.2, 0.25) is 0 Å². The molecular weight excluding hydrogens is 810 g/mol. The van der Waals surface area contributed by atoms with Gasteiger partial charge in [-0.25, -0.2) is 18.0 Å². The first-order chi connectivity index (χ1) is 29.6. The molecule has 0 saturated carbocycles. The molecule has 9 rings (SSSR count). The molecule has 1 N–H and O–H groups in total. The number of piperidine rings is 1. The van der Waals surface area contributed by atoms with E-state index >= 15 is 8.78 Å². The second-order valence-electron chi connectivity index (χ2n) is 17.1. The molecule has 5 aliphatic rings. The number of hydrogen-bond acceptors (Lipinski definition) is 14. The quantitative estimate of drug-likeness (QED) is 0.0753. The van der Waals surface area contributed by atoms with Crippen LogP contribution in [0.3, 0.4) is 0 Å². The monoisotopic (exact) mass is 860 g/mol. The van der Waals surface area contributed by atoms with E-state index in [1.54, 1.807) is 27.7 Å². The average Bonchev–Trinajstić information content (AvgIpc) is 3.73. The predicted octanol–water partition coefficient (Wildman–Crippen LogP) is 6.53. The molecular formula is C45H51F3N6O8. The SMILES string of the molecule is C#Cc1c(F)ccc2cc(OC(=O)OC(COC(=O)C(C)C)COC(=O)C(C)C)cc(-c3ncc4c(N5CC6CC(C5)N6)nc(OC)nc4c3F)c12.C[C@@]12CCCN1C[C@H](F)C2. The number of piperazine rings is 1. The highest BCUT2D eigenvalue weighted by molar-refractivity contribution is 6.03. The summed E-state index contributed by atoms with van der Waals surface area (Å²) in [4.78, 5) is 54.9. The molecule has 62 heavy (non-hydrogen) atoms. The van der Waals surface area contributed by atoms with Crippen LogP contribution in [0.5, 0.6) is 11.8 Å². The number of anilines is 1. The number of nitrogens with one attached hydrogen (secondary N) is 1. The largest absolute Gasteiger partial charge is 0.514 e. The van der Waals surface area contributed by atoms with Crippen LogP contribution in [-0.2, 0) is 23.8 Å². The maximum atomic E-state index is 16.7. The summed E-state index contributed by atoms with van der Waals surface area (Å²) in [6, 6.07) is 5.71. The highest BCUT2D eigenvalue weighted by atomic mass is 19.1. The van der Waals surface area contributed by atoms with Crippen LogP contribution in [0.2, 0.25) is 0 Å². The van der Waals surface area contributed by atoms with Crippen molar-refractivity contribution in [2.24, 2.45) is 11.8 Å². The van der Waals surface area contributed by atoms with Crippen LogP contribution >= 0.6 is 0 Å². The van der Waals surface area contributed by atoms with Crippen LogP contribution in [-0.4, -0.2) is 114 Å². The van der Waals surface area contributed by atoms with Crippen LogP contribution in [0.25, 0.3) is 32.9 Å². The Bertz CT molecular complexity index is 2370. The maximum absolute atomic E-state index is 16.7. The molecule has 2 unspecified atom stereocenters. The zero-order chi connectivity index (χ0) is 44.5. The van der Waals surface area contributed by atoms with E-state index in [0.29, 0.717) is 36.2 Å². The van der Waals surface area contributed by atoms with Gasteiger partial charge in [0.1, 0.15) is 48.0 Å². The van der Waals surface area contributed by atoms with Crippen molar-refractivity contribution < 1.29 is 51.2 Å². The first-order valence-corrected chi connectivity index (χ1v) is 20.8. The lowest BCUT2D eigenvalue weighted by atomic mass is 9.91. The minimum absolute atomic E-state index is 0.00275. The third-order valence-corrected chi connectivity index (χ3v) is 11.7. The van der Waals surface area contributed by atoms with E-state index in [1.165, 1.54) is 44.3 Å². The normalized spacial score (nSPS) is 21.6. The number of hydrogen-bond donors (Lipinski definition) is 1. The van der Waals surface area contributed by atoms with Gasteiger partial charge in [0.15, 0.2) is 11.9 Å². The average molecular weight is 861 g/mol. The number of benzene rings is 2. The van der Waals surface area contributed by atoms with E-state index in [4.69, 9.17) is 30.1 Å². The Morgan fingerprint density at radius 1 is 1.02 bits per heavy atom. The Kier molecular flexibility index (Phi) is 13.1. The minimum atomic E-state index is -1.25. The van der Waals surface area contributed by atoms with E-state index in [1.807, 2.05) is 4.90 Å². The van der Waals surface area contributed by atoms with Gasteiger partial charge < -0.3 is 33.9 Å². The number of carbonyl (C=O) groups excluding carboxylic acids is 3. The molecule has 5 aliphatic heterocycles. The molecule has 0 amide bonds. The molecule has 0 aliphatic carbocycles. The van der Waals surface area contributed by atoms with Gasteiger partial charge in [0.05, 0.1) is 29.9 Å². The Morgan fingerprint density at radius 2 is 1.69 bits per heavy atom. The number of rotatable bonds is 11. The Balaban J connectivity index is 0.000000502. The van der Waals surface area contributed by atoms with Crippen LogP contribution in [0.4, 0.5) is 23.8 Å². The van der Waals surface area contributed by atoms with Gasteiger partial charge in [-0.2, -0.15) is 9.97 Å². The summed E-state index contributed by atoms with van der Waals surface area (Å²) >= 11 is 0. The van der Waals surface area contributed by atoms with Crippen molar-refractivity contribution in [3.05, 3.63) is 47.7 Å². The van der Waals surface area contributed by atoms with Crippen molar-refractivity contribution in [1.29, 1.82) is 0 Å². The number of aromatic nitrogens is 3. The topological polar surface area (TPSA) is 155 Å². The highest BCUT2D eigenvalue weighted by Crippen LogP contribution is 2.41. The number of pyridine rings is 1. The number of methoxy groups -OCH3 is 1. The molecule has 4 atom stereocenters. The van der Waals surface area contributed by atoms with Crippen molar-refractivity contribution >= 4 is 45.6 Å². The molecule has 2 aromatic heterocycles. The number of ether oxygens (including phenoxy) is 5. The molecule has 2 bridgehead atoms. The fraction of sp³-hybridized carbons (Fsp3) is 0.511. The molecule has 5 fully saturated rings. The zero-order valence-corrected chi connectivity index (χ0v) is 35.6. The fourth-order valence-corrected chi connectivity index (χ4v) is 8.49. The number of halogens is 3. The molecule has 330 valence electrons. The molecule has 2 aromatic carbocycles. The lowest BCUT2D eigenvalue weighted by Crippen LogP contribution is -2.67. The minimum Gasteiger partial charge on any atom is -0.467 e. The van der Waals surface area contributed by atoms with Gasteiger partial charge in [0.25, 0.3) is 0 Å². The summed E-state index contributed by atoms with van der Waals surface area (Å²) in [7, 11) is 1.38. The lowest BCUT2D eigenvalue weighted by Gasteiger charge is -2.48. The Morgan fingerprint density at radius 3 is 2.31 bits per heavy atom. The van der Waals surface area contributed by atoms with Gasteiger partial charge >= 0.3 is 24.1 Å². The van der Waals surface area contributed by atoms with Crippen molar-refractivity contribution in [2.75, 3.05) is 51.4 Å². The third-order valence-electron chi connectivity index (χ3n) is 11.7. The molecule has 5 saturated heterocycles. The number of terminal acetylenes is 1. The van der Waals surface area contributed by atoms with Crippen LogP contribution in [0.1, 0.15) is 65.9 Å². The predicted molar refractivity (Wildman–Crippen MR) is 223 cm³/mol. The number of nitrogens with zero attached hydrogens (tertiary/aromatic N) is 5. The maximum Gasteiger partial charge on any atom is 0.514 e. The smallest absolute Gasteiger partial charge is 0.467 e. The molecule has 0 spiro atoms. The van der Waals surface area contributed by atoms with E-state index in [-0.39, 0.29) is 57.1 Å². The van der Waals surface area contributed by atoms with E-state index in [2.05, 4.69) is 38.0 Å². The third kappa shape index (κ3) is 9.36. The molecule has 0 radical (unpaired) electrons. The first-order valence-electron chi connectivity index (χ1n) is 20.8. The van der Waals surface area contributed by atoms with Gasteiger partial charge in [-0.3, -0.25) is 19.5 Å². The number of esters is 2. The molecule has 14 nitrogen and oxygen atoms in total. The zero-order valence-electron chi connectivity index (χ0n) is 35.6. The molecule has 7 heterocycles. The Labute approximate surface area is 357 Å². The van der Waals surface area contributed by atoms with Gasteiger partial charge in [-0.1, -0.05) is 39.7 Å². The highest BCUT2D eigenvalue weighted by Gasteiger charge is 2.45. The summed E-state index contributed by atoms with van der Waals surface area (Å²) in [5.74, 6) is -0.985. The number of alkyl halides is 1. The van der Waals surface area contributed by atoms with E-state index < -0.39 is 67.1 Å². The van der Waals surface area contributed by atoms with Gasteiger partial charge in [-0.05, 0) is 62.7 Å². The summed E-state index contributed by atoms with van der Waals surface area (Å²) in [6.45, 7) is 11.0. The summed E-state index contributed by atoms with van der Waals surface area (Å²) in [6.07, 6.45) is 8.42. The number of carbonyl (C=O) groups is 3. The van der Waals surface area contributed by atoms with Crippen LogP contribution < -0.4 is 19.7 Å². The van der Waals surface area contributed by atoms with Crippen molar-refractivity contribution in [2.45, 2.75) is 90.2 Å². The molecule has 17 heteroatoms. The summed E-state index contributed by atoms with van der Waals surface area (Å²) in [5, 5.41) is 4.23. The Hall–Kier alpha value is -5.73. The van der Waals surface area contributed by atoms with Crippen LogP contribution in [0, 0.1) is 35.8 Å². The van der Waals surface area contributed by atoms with Crippen molar-refractivity contribution in [1.82, 2.24) is 25.2 Å². The summed E-state index contributed by atoms with van der Waals surface area (Å²) < 4.78 is 71.3. The van der Waals surface area contributed by atoms with Gasteiger partial charge in [-0.15, -0.1) is 6.42 Å². The van der Waals surface area contributed by atoms with Crippen molar-refractivity contribution in [3.8, 4) is 35.4 Å². The second kappa shape index (κ2) is 18.3. The fourth-order valence-electron chi connectivity index (χ4n) is 8.49. The number of fused-ring (bicyclic) bond motifs is 5. The van der Waals surface area contributed by atoms with E-state index in [9.17, 15) is 18.8 Å². The second-order valence-corrected chi connectivity index (χ2v) is 17.1. The lowest BCUT2D eigenvalue weighted by molar-refractivity contribution is -0.156. The standard InChI is InChI=1S/C37H37F2N5O8.C8H14FN/c1-7-25-28(38)9-8-20-10-23(51-37(47)52-24(16-49-34(45)18(2)3)17-50-35(46)19(4)5)12-26(29(20)25)31-30(39)32-27(13-40-31)33(43-36(42-32)48-6)44-14-21-11-22(15-44)41-21;1-8-3-2-4-10(8)6-7(9)5-8/h1,8-10,12-13,18-19,21-22,24,41H,11,14-17H2,2-6H3;7H,2-6H2,1H3/t;7-,8+/m.1/s1.